The van der Waals surface area contributed by atoms with Crippen LogP contribution in [0.5, 0.6) is 0 Å². The summed E-state index contributed by atoms with van der Waals surface area (Å²) < 4.78 is 2.18. The molecule has 1 rings (SSSR count). The van der Waals surface area contributed by atoms with Crippen molar-refractivity contribution in [1.29, 1.82) is 0 Å². The lowest BCUT2D eigenvalue weighted by molar-refractivity contribution is 0.637. The minimum absolute atomic E-state index is 0.415. The fourth-order valence-electron chi connectivity index (χ4n) is 1.85. The lowest BCUT2D eigenvalue weighted by Crippen LogP contribution is -2.07. The molecule has 1 heterocycles. The van der Waals surface area contributed by atoms with Crippen molar-refractivity contribution >= 4 is 5.82 Å². The molecule has 0 spiro atoms. The van der Waals surface area contributed by atoms with Crippen molar-refractivity contribution in [3.05, 3.63) is 11.5 Å². The molecule has 1 aromatic heterocycles. The second-order valence-electron chi connectivity index (χ2n) is 4.35. The molecule has 0 saturated heterocycles. The van der Waals surface area contributed by atoms with Crippen LogP contribution in [0.1, 0.15) is 58.0 Å². The maximum absolute atomic E-state index is 6.12. The van der Waals surface area contributed by atoms with Gasteiger partial charge in [-0.2, -0.15) is 0 Å². The van der Waals surface area contributed by atoms with Gasteiger partial charge in [0.15, 0.2) is 0 Å². The van der Waals surface area contributed by atoms with Crippen molar-refractivity contribution in [2.75, 3.05) is 5.73 Å². The van der Waals surface area contributed by atoms with Crippen LogP contribution in [0.15, 0.2) is 0 Å². The quantitative estimate of drug-likeness (QED) is 0.810. The average molecular weight is 209 g/mol. The smallest absolute Gasteiger partial charge is 0.127 e. The first-order valence-corrected chi connectivity index (χ1v) is 5.96. The Kier molecular flexibility index (Phi) is 4.18. The Morgan fingerprint density at radius 3 is 2.40 bits per heavy atom. The van der Waals surface area contributed by atoms with Crippen molar-refractivity contribution in [2.45, 2.75) is 59.4 Å². The van der Waals surface area contributed by atoms with Gasteiger partial charge in [0, 0.05) is 13.0 Å². The van der Waals surface area contributed by atoms with Crippen LogP contribution >= 0.6 is 0 Å². The fraction of sp³-hybridized carbons (Fsp3) is 0.750. The monoisotopic (exact) mass is 209 g/mol. The number of hydrogen-bond donors (Lipinski definition) is 1. The van der Waals surface area contributed by atoms with Gasteiger partial charge in [0.2, 0.25) is 0 Å². The van der Waals surface area contributed by atoms with E-state index in [-0.39, 0.29) is 0 Å². The van der Waals surface area contributed by atoms with E-state index in [2.05, 4.69) is 37.2 Å². The Bertz CT molecular complexity index is 313. The van der Waals surface area contributed by atoms with Crippen LogP contribution in [-0.2, 0) is 13.0 Å². The lowest BCUT2D eigenvalue weighted by Gasteiger charge is -2.07. The molecule has 0 saturated carbocycles. The number of aromatic nitrogens is 2. The molecule has 0 fully saturated rings. The first-order chi connectivity index (χ1) is 7.11. The third kappa shape index (κ3) is 2.52. The number of aryl methyl sites for hydroxylation is 1. The van der Waals surface area contributed by atoms with Crippen molar-refractivity contribution in [3.8, 4) is 0 Å². The molecule has 0 aliphatic rings. The fourth-order valence-corrected chi connectivity index (χ4v) is 1.85. The standard InChI is InChI=1S/C12H23N3/c1-5-7-10-14-11(9(3)4)12(13)15(10)8-6-2/h9H,5-8,13H2,1-4H3. The van der Waals surface area contributed by atoms with Gasteiger partial charge in [-0.15, -0.1) is 0 Å². The van der Waals surface area contributed by atoms with Gasteiger partial charge < -0.3 is 10.3 Å². The highest BCUT2D eigenvalue weighted by Gasteiger charge is 2.15. The molecule has 1 aromatic rings. The minimum atomic E-state index is 0.415. The summed E-state index contributed by atoms with van der Waals surface area (Å²) in [4.78, 5) is 4.66. The predicted molar refractivity (Wildman–Crippen MR) is 65.0 cm³/mol. The number of anilines is 1. The van der Waals surface area contributed by atoms with E-state index in [4.69, 9.17) is 5.73 Å². The van der Waals surface area contributed by atoms with Gasteiger partial charge in [0.05, 0.1) is 5.69 Å². The Labute approximate surface area is 92.7 Å². The molecule has 15 heavy (non-hydrogen) atoms. The van der Waals surface area contributed by atoms with Gasteiger partial charge in [0.25, 0.3) is 0 Å². The summed E-state index contributed by atoms with van der Waals surface area (Å²) in [5.74, 6) is 2.44. The maximum Gasteiger partial charge on any atom is 0.127 e. The van der Waals surface area contributed by atoms with E-state index >= 15 is 0 Å². The van der Waals surface area contributed by atoms with E-state index in [9.17, 15) is 0 Å². The van der Waals surface area contributed by atoms with Crippen molar-refractivity contribution in [1.82, 2.24) is 9.55 Å². The average Bonchev–Trinajstić information content (AvgIpc) is 2.47. The maximum atomic E-state index is 6.12. The number of imidazole rings is 1. The molecule has 0 aromatic carbocycles. The van der Waals surface area contributed by atoms with E-state index in [1.807, 2.05) is 0 Å². The molecular weight excluding hydrogens is 186 g/mol. The van der Waals surface area contributed by atoms with Gasteiger partial charge >= 0.3 is 0 Å². The first-order valence-electron chi connectivity index (χ1n) is 5.96. The molecule has 3 nitrogen and oxygen atoms in total. The zero-order valence-corrected chi connectivity index (χ0v) is 10.4. The van der Waals surface area contributed by atoms with Crippen LogP contribution in [-0.4, -0.2) is 9.55 Å². The van der Waals surface area contributed by atoms with Gasteiger partial charge in [0.1, 0.15) is 11.6 Å². The Hall–Kier alpha value is -0.990. The summed E-state index contributed by atoms with van der Waals surface area (Å²) in [5, 5.41) is 0. The highest BCUT2D eigenvalue weighted by atomic mass is 15.1. The normalized spacial score (nSPS) is 11.3. The molecule has 0 unspecified atom stereocenters. The Morgan fingerprint density at radius 2 is 1.93 bits per heavy atom. The zero-order valence-electron chi connectivity index (χ0n) is 10.4. The summed E-state index contributed by atoms with van der Waals surface area (Å²) in [5.41, 5.74) is 7.18. The largest absolute Gasteiger partial charge is 0.384 e. The molecule has 0 aliphatic heterocycles. The second-order valence-corrected chi connectivity index (χ2v) is 4.35. The molecule has 0 bridgehead atoms. The van der Waals surface area contributed by atoms with E-state index in [1.165, 1.54) is 0 Å². The van der Waals surface area contributed by atoms with Crippen LogP contribution in [0.3, 0.4) is 0 Å². The summed E-state index contributed by atoms with van der Waals surface area (Å²) in [6.07, 6.45) is 3.25. The summed E-state index contributed by atoms with van der Waals surface area (Å²) in [6, 6.07) is 0. The van der Waals surface area contributed by atoms with E-state index in [0.29, 0.717) is 5.92 Å². The molecule has 0 aliphatic carbocycles. The second kappa shape index (κ2) is 5.19. The zero-order chi connectivity index (χ0) is 11.4. The summed E-state index contributed by atoms with van der Waals surface area (Å²) >= 11 is 0. The van der Waals surface area contributed by atoms with Gasteiger partial charge in [-0.05, 0) is 18.8 Å². The van der Waals surface area contributed by atoms with E-state index < -0.39 is 0 Å². The topological polar surface area (TPSA) is 43.8 Å². The van der Waals surface area contributed by atoms with Gasteiger partial charge in [-0.3, -0.25) is 0 Å². The Morgan fingerprint density at radius 1 is 1.27 bits per heavy atom. The summed E-state index contributed by atoms with van der Waals surface area (Å²) in [7, 11) is 0. The van der Waals surface area contributed by atoms with Crippen LogP contribution in [0.2, 0.25) is 0 Å². The van der Waals surface area contributed by atoms with Crippen LogP contribution in [0, 0.1) is 0 Å². The highest BCUT2D eigenvalue weighted by molar-refractivity contribution is 5.40. The molecule has 86 valence electrons. The Balaban J connectivity index is 3.07. The van der Waals surface area contributed by atoms with Crippen LogP contribution in [0.25, 0.3) is 0 Å². The molecule has 0 radical (unpaired) electrons. The van der Waals surface area contributed by atoms with Crippen molar-refractivity contribution in [3.63, 3.8) is 0 Å². The predicted octanol–water partition coefficient (Wildman–Crippen LogP) is 2.95. The number of nitrogens with zero attached hydrogens (tertiary/aromatic N) is 2. The van der Waals surface area contributed by atoms with Crippen molar-refractivity contribution < 1.29 is 0 Å². The van der Waals surface area contributed by atoms with Crippen LogP contribution < -0.4 is 5.73 Å². The first kappa shape index (κ1) is 12.1. The third-order valence-electron chi connectivity index (χ3n) is 2.58. The van der Waals surface area contributed by atoms with Crippen LogP contribution in [0.4, 0.5) is 5.82 Å². The molecule has 0 amide bonds. The number of nitrogens with two attached hydrogens (primary N) is 1. The molecule has 2 N–H and O–H groups in total. The third-order valence-corrected chi connectivity index (χ3v) is 2.58. The number of nitrogen functional groups attached to an aromatic ring is 1. The highest BCUT2D eigenvalue weighted by Crippen LogP contribution is 2.23. The van der Waals surface area contributed by atoms with E-state index in [0.717, 1.165) is 43.1 Å². The number of hydrogen-bond acceptors (Lipinski definition) is 2. The van der Waals surface area contributed by atoms with E-state index in [1.54, 1.807) is 0 Å². The van der Waals surface area contributed by atoms with Gasteiger partial charge in [-0.1, -0.05) is 27.7 Å². The number of rotatable bonds is 5. The minimum Gasteiger partial charge on any atom is -0.384 e. The van der Waals surface area contributed by atoms with Gasteiger partial charge in [-0.25, -0.2) is 4.98 Å². The molecule has 3 heteroatoms. The summed E-state index contributed by atoms with van der Waals surface area (Å²) in [6.45, 7) is 9.62. The molecule has 0 atom stereocenters. The van der Waals surface area contributed by atoms with Crippen molar-refractivity contribution in [2.24, 2.45) is 0 Å². The molecular formula is C12H23N3. The SMILES string of the molecule is CCCc1nc(C(C)C)c(N)n1CCC. The lowest BCUT2D eigenvalue weighted by atomic mass is 10.1.